The van der Waals surface area contributed by atoms with Gasteiger partial charge < -0.3 is 9.84 Å². The number of nitrogens with zero attached hydrogens (tertiary/aromatic N) is 1. The molecule has 1 atom stereocenters. The monoisotopic (exact) mass is 265 g/mol. The van der Waals surface area contributed by atoms with E-state index < -0.39 is 5.97 Å². The van der Waals surface area contributed by atoms with Crippen LogP contribution < -0.4 is 0 Å². The van der Waals surface area contributed by atoms with E-state index in [1.54, 1.807) is 7.11 Å². The van der Waals surface area contributed by atoms with Crippen molar-refractivity contribution in [2.75, 3.05) is 33.4 Å². The average Bonchev–Trinajstić information content (AvgIpc) is 2.42. The Balaban J connectivity index is 2.43. The number of methoxy groups -OCH3 is 1. The van der Waals surface area contributed by atoms with Gasteiger partial charge >= 0.3 is 5.97 Å². The first-order valence-corrected chi connectivity index (χ1v) is 6.61. The van der Waals surface area contributed by atoms with Crippen LogP contribution >= 0.6 is 0 Å². The van der Waals surface area contributed by atoms with Crippen molar-refractivity contribution in [2.45, 2.75) is 19.3 Å². The number of aliphatic carboxylic acids is 1. The van der Waals surface area contributed by atoms with Crippen LogP contribution in [0.1, 0.15) is 24.8 Å². The molecule has 19 heavy (non-hydrogen) atoms. The van der Waals surface area contributed by atoms with E-state index in [1.165, 1.54) is 5.56 Å². The van der Waals surface area contributed by atoms with Gasteiger partial charge in [-0.15, -0.1) is 0 Å². The van der Waals surface area contributed by atoms with E-state index in [0.717, 1.165) is 13.0 Å². The average molecular weight is 265 g/mol. The van der Waals surface area contributed by atoms with Gasteiger partial charge in [0.2, 0.25) is 0 Å². The van der Waals surface area contributed by atoms with Crippen LogP contribution in [0.25, 0.3) is 0 Å². The highest BCUT2D eigenvalue weighted by Gasteiger charge is 2.12. The summed E-state index contributed by atoms with van der Waals surface area (Å²) in [6.45, 7) is 4.23. The molecule has 0 spiro atoms. The number of hydrogen-bond donors (Lipinski definition) is 1. The van der Waals surface area contributed by atoms with E-state index in [1.807, 2.05) is 23.1 Å². The number of carboxylic acid groups (broad SMARTS) is 1. The van der Waals surface area contributed by atoms with Crippen LogP contribution in [0, 0.1) is 0 Å². The van der Waals surface area contributed by atoms with Crippen molar-refractivity contribution in [1.29, 1.82) is 0 Å². The Morgan fingerprint density at radius 1 is 1.32 bits per heavy atom. The minimum atomic E-state index is -0.788. The second kappa shape index (κ2) is 8.67. The second-order valence-corrected chi connectivity index (χ2v) is 4.76. The molecule has 106 valence electrons. The molecule has 0 fully saturated rings. The molecular weight excluding hydrogens is 242 g/mol. The van der Waals surface area contributed by atoms with Crippen molar-refractivity contribution in [3.05, 3.63) is 35.9 Å². The Bertz CT molecular complexity index is 367. The quantitative estimate of drug-likeness (QED) is 0.743. The summed E-state index contributed by atoms with van der Waals surface area (Å²) >= 11 is 0. The minimum Gasteiger partial charge on any atom is -0.480 e. The van der Waals surface area contributed by atoms with Gasteiger partial charge in [0.15, 0.2) is 0 Å². The molecule has 0 aliphatic heterocycles. The molecule has 1 aromatic rings. The van der Waals surface area contributed by atoms with Crippen molar-refractivity contribution in [3.8, 4) is 0 Å². The van der Waals surface area contributed by atoms with Crippen LogP contribution in [0.2, 0.25) is 0 Å². The topological polar surface area (TPSA) is 49.8 Å². The van der Waals surface area contributed by atoms with Gasteiger partial charge in [0.1, 0.15) is 0 Å². The SMILES string of the molecule is COCCN(CCC(C)c1ccccc1)CC(=O)O. The summed E-state index contributed by atoms with van der Waals surface area (Å²) in [5.41, 5.74) is 1.30. The molecule has 1 N–H and O–H groups in total. The highest BCUT2D eigenvalue weighted by molar-refractivity contribution is 5.69. The van der Waals surface area contributed by atoms with Crippen LogP contribution in [0.3, 0.4) is 0 Å². The normalized spacial score (nSPS) is 12.6. The minimum absolute atomic E-state index is 0.0743. The number of carboxylic acids is 1. The van der Waals surface area contributed by atoms with Gasteiger partial charge in [-0.2, -0.15) is 0 Å². The molecular formula is C15H23NO3. The molecule has 1 unspecified atom stereocenters. The predicted octanol–water partition coefficient (Wildman–Crippen LogP) is 2.21. The molecule has 4 nitrogen and oxygen atoms in total. The fraction of sp³-hybridized carbons (Fsp3) is 0.533. The lowest BCUT2D eigenvalue weighted by Gasteiger charge is -2.22. The summed E-state index contributed by atoms with van der Waals surface area (Å²) < 4.78 is 5.01. The summed E-state index contributed by atoms with van der Waals surface area (Å²) in [4.78, 5) is 12.7. The maximum Gasteiger partial charge on any atom is 0.317 e. The van der Waals surface area contributed by atoms with Crippen LogP contribution in [-0.2, 0) is 9.53 Å². The fourth-order valence-electron chi connectivity index (χ4n) is 2.01. The van der Waals surface area contributed by atoms with Gasteiger partial charge in [-0.05, 0) is 24.4 Å². The van der Waals surface area contributed by atoms with Crippen LogP contribution in [0.5, 0.6) is 0 Å². The highest BCUT2D eigenvalue weighted by atomic mass is 16.5. The number of carbonyl (C=O) groups is 1. The molecule has 0 saturated carbocycles. The Hall–Kier alpha value is -1.39. The van der Waals surface area contributed by atoms with Crippen LogP contribution in [0.4, 0.5) is 0 Å². The fourth-order valence-corrected chi connectivity index (χ4v) is 2.01. The summed E-state index contributed by atoms with van der Waals surface area (Å²) in [5.74, 6) is -0.358. The Kier molecular flexibility index (Phi) is 7.15. The van der Waals surface area contributed by atoms with E-state index in [0.29, 0.717) is 19.1 Å². The van der Waals surface area contributed by atoms with Gasteiger partial charge in [-0.3, -0.25) is 9.69 Å². The summed E-state index contributed by atoms with van der Waals surface area (Å²) in [6.07, 6.45) is 0.945. The number of hydrogen-bond acceptors (Lipinski definition) is 3. The number of ether oxygens (including phenoxy) is 1. The van der Waals surface area contributed by atoms with E-state index in [2.05, 4.69) is 19.1 Å². The lowest BCUT2D eigenvalue weighted by molar-refractivity contribution is -0.138. The second-order valence-electron chi connectivity index (χ2n) is 4.76. The van der Waals surface area contributed by atoms with E-state index >= 15 is 0 Å². The van der Waals surface area contributed by atoms with E-state index in [4.69, 9.17) is 9.84 Å². The van der Waals surface area contributed by atoms with Crippen molar-refractivity contribution in [2.24, 2.45) is 0 Å². The van der Waals surface area contributed by atoms with Crippen LogP contribution in [-0.4, -0.2) is 49.3 Å². The zero-order valence-corrected chi connectivity index (χ0v) is 11.7. The molecule has 0 aliphatic rings. The third kappa shape index (κ3) is 6.36. The van der Waals surface area contributed by atoms with Crippen molar-refractivity contribution >= 4 is 5.97 Å². The predicted molar refractivity (Wildman–Crippen MR) is 75.4 cm³/mol. The van der Waals surface area contributed by atoms with Crippen molar-refractivity contribution in [3.63, 3.8) is 0 Å². The highest BCUT2D eigenvalue weighted by Crippen LogP contribution is 2.18. The summed E-state index contributed by atoms with van der Waals surface area (Å²) in [5, 5.41) is 8.88. The largest absolute Gasteiger partial charge is 0.480 e. The van der Waals surface area contributed by atoms with Crippen molar-refractivity contribution in [1.82, 2.24) is 4.90 Å². The molecule has 0 bridgehead atoms. The molecule has 1 aromatic carbocycles. The standard InChI is InChI=1S/C15H23NO3/c1-13(14-6-4-3-5-7-14)8-9-16(10-11-19-2)12-15(17)18/h3-7,13H,8-12H2,1-2H3,(H,17,18). The maximum atomic E-state index is 10.8. The first kappa shape index (κ1) is 15.7. The first-order valence-electron chi connectivity index (χ1n) is 6.61. The zero-order valence-electron chi connectivity index (χ0n) is 11.7. The lowest BCUT2D eigenvalue weighted by Crippen LogP contribution is -2.34. The van der Waals surface area contributed by atoms with Gasteiger partial charge in [0.05, 0.1) is 13.2 Å². The number of rotatable bonds is 9. The summed E-state index contributed by atoms with van der Waals surface area (Å²) in [6, 6.07) is 10.3. The molecule has 0 heterocycles. The lowest BCUT2D eigenvalue weighted by atomic mass is 9.98. The smallest absolute Gasteiger partial charge is 0.317 e. The Labute approximate surface area is 115 Å². The Morgan fingerprint density at radius 2 is 2.00 bits per heavy atom. The third-order valence-corrected chi connectivity index (χ3v) is 3.22. The third-order valence-electron chi connectivity index (χ3n) is 3.22. The molecule has 0 amide bonds. The molecule has 0 aromatic heterocycles. The number of benzene rings is 1. The molecule has 0 saturated heterocycles. The van der Waals surface area contributed by atoms with E-state index in [9.17, 15) is 4.79 Å². The van der Waals surface area contributed by atoms with Gasteiger partial charge in [0.25, 0.3) is 0 Å². The van der Waals surface area contributed by atoms with Gasteiger partial charge in [-0.1, -0.05) is 37.3 Å². The first-order chi connectivity index (χ1) is 9.13. The molecule has 4 heteroatoms. The van der Waals surface area contributed by atoms with Crippen LogP contribution in [0.15, 0.2) is 30.3 Å². The van der Waals surface area contributed by atoms with Gasteiger partial charge in [-0.25, -0.2) is 0 Å². The van der Waals surface area contributed by atoms with E-state index in [-0.39, 0.29) is 6.54 Å². The Morgan fingerprint density at radius 3 is 2.58 bits per heavy atom. The molecule has 1 rings (SSSR count). The maximum absolute atomic E-state index is 10.8. The molecule has 0 radical (unpaired) electrons. The zero-order chi connectivity index (χ0) is 14.1. The van der Waals surface area contributed by atoms with Crippen molar-refractivity contribution < 1.29 is 14.6 Å². The van der Waals surface area contributed by atoms with Gasteiger partial charge in [0, 0.05) is 13.7 Å². The summed E-state index contributed by atoms with van der Waals surface area (Å²) in [7, 11) is 1.63. The molecule has 0 aliphatic carbocycles.